The van der Waals surface area contributed by atoms with Crippen molar-refractivity contribution in [2.75, 3.05) is 5.32 Å². The van der Waals surface area contributed by atoms with Crippen molar-refractivity contribution in [1.82, 2.24) is 9.78 Å². The lowest BCUT2D eigenvalue weighted by molar-refractivity contribution is -0.167. The van der Waals surface area contributed by atoms with Gasteiger partial charge in [0.2, 0.25) is 0 Å². The van der Waals surface area contributed by atoms with Crippen LogP contribution in [0.3, 0.4) is 0 Å². The average Bonchev–Trinajstić information content (AvgIpc) is 2.76. The fourth-order valence-corrected chi connectivity index (χ4v) is 1.49. The van der Waals surface area contributed by atoms with Gasteiger partial charge in [0.25, 0.3) is 0 Å². The Bertz CT molecular complexity index is 563. The Kier molecular flexibility index (Phi) is 3.55. The fourth-order valence-electron chi connectivity index (χ4n) is 1.49. The van der Waals surface area contributed by atoms with E-state index in [4.69, 9.17) is 0 Å². The van der Waals surface area contributed by atoms with Crippen LogP contribution in [0.25, 0.3) is 0 Å². The molecular weight excluding hydrogens is 259 g/mol. The molecule has 0 aliphatic carbocycles. The summed E-state index contributed by atoms with van der Waals surface area (Å²) in [5.74, 6) is -2.01. The maximum Gasteiger partial charge on any atom is 0.471 e. The minimum Gasteiger partial charge on any atom is -0.316 e. The van der Waals surface area contributed by atoms with Crippen LogP contribution in [0.2, 0.25) is 0 Å². The smallest absolute Gasteiger partial charge is 0.316 e. The topological polar surface area (TPSA) is 46.9 Å². The SMILES string of the molecule is O=C(Nc1cnn(Cc2ccccc2)c1)C(F)(F)F. The first-order valence-corrected chi connectivity index (χ1v) is 5.40. The van der Waals surface area contributed by atoms with Crippen LogP contribution in [0.4, 0.5) is 18.9 Å². The lowest BCUT2D eigenvalue weighted by Crippen LogP contribution is -2.29. The summed E-state index contributed by atoms with van der Waals surface area (Å²) in [4.78, 5) is 10.7. The normalized spacial score (nSPS) is 11.3. The molecule has 1 heterocycles. The molecule has 0 bridgehead atoms. The Morgan fingerprint density at radius 1 is 1.26 bits per heavy atom. The number of anilines is 1. The van der Waals surface area contributed by atoms with Crippen LogP contribution >= 0.6 is 0 Å². The molecule has 0 saturated heterocycles. The number of hydrogen-bond donors (Lipinski definition) is 1. The molecule has 100 valence electrons. The number of halogens is 3. The minimum atomic E-state index is -4.90. The number of carbonyl (C=O) groups excluding carboxylic acids is 1. The van der Waals surface area contributed by atoms with Crippen LogP contribution in [0.1, 0.15) is 5.56 Å². The number of carbonyl (C=O) groups is 1. The molecule has 19 heavy (non-hydrogen) atoms. The van der Waals surface area contributed by atoms with E-state index in [2.05, 4.69) is 5.10 Å². The quantitative estimate of drug-likeness (QED) is 0.930. The van der Waals surface area contributed by atoms with Crippen molar-refractivity contribution in [3.05, 3.63) is 48.3 Å². The molecule has 1 aromatic carbocycles. The van der Waals surface area contributed by atoms with Crippen molar-refractivity contribution in [3.63, 3.8) is 0 Å². The average molecular weight is 269 g/mol. The molecule has 0 saturated carbocycles. The van der Waals surface area contributed by atoms with E-state index in [0.717, 1.165) is 5.56 Å². The number of nitrogens with zero attached hydrogens (tertiary/aromatic N) is 2. The van der Waals surface area contributed by atoms with Gasteiger partial charge in [0, 0.05) is 6.20 Å². The summed E-state index contributed by atoms with van der Waals surface area (Å²) in [6.45, 7) is 0.419. The molecule has 1 aromatic heterocycles. The second-order valence-electron chi connectivity index (χ2n) is 3.86. The molecule has 4 nitrogen and oxygen atoms in total. The summed E-state index contributed by atoms with van der Waals surface area (Å²) in [5, 5.41) is 5.62. The van der Waals surface area contributed by atoms with Gasteiger partial charge in [0.05, 0.1) is 18.4 Å². The molecule has 0 spiro atoms. The van der Waals surface area contributed by atoms with Crippen LogP contribution in [0.5, 0.6) is 0 Å². The molecule has 1 N–H and O–H groups in total. The van der Waals surface area contributed by atoms with E-state index in [9.17, 15) is 18.0 Å². The second-order valence-corrected chi connectivity index (χ2v) is 3.86. The van der Waals surface area contributed by atoms with E-state index in [-0.39, 0.29) is 5.69 Å². The first kappa shape index (κ1) is 13.1. The van der Waals surface area contributed by atoms with Crippen LogP contribution in [0, 0.1) is 0 Å². The molecule has 0 aliphatic heterocycles. The first-order valence-electron chi connectivity index (χ1n) is 5.40. The molecular formula is C12H10F3N3O. The summed E-state index contributed by atoms with van der Waals surface area (Å²) in [6.07, 6.45) is -2.38. The zero-order valence-electron chi connectivity index (χ0n) is 9.69. The lowest BCUT2D eigenvalue weighted by atomic mass is 10.2. The molecule has 0 unspecified atom stereocenters. The molecule has 2 aromatic rings. The van der Waals surface area contributed by atoms with Gasteiger partial charge < -0.3 is 5.32 Å². The van der Waals surface area contributed by atoms with Crippen LogP contribution in [-0.2, 0) is 11.3 Å². The summed E-state index contributed by atoms with van der Waals surface area (Å²) in [7, 11) is 0. The van der Waals surface area contributed by atoms with Crippen LogP contribution < -0.4 is 5.32 Å². The van der Waals surface area contributed by atoms with Gasteiger partial charge in [0.1, 0.15) is 0 Å². The predicted octanol–water partition coefficient (Wildman–Crippen LogP) is 2.43. The van der Waals surface area contributed by atoms with Gasteiger partial charge in [-0.25, -0.2) is 0 Å². The standard InChI is InChI=1S/C12H10F3N3O/c13-12(14,15)11(19)17-10-6-16-18(8-10)7-9-4-2-1-3-5-9/h1-6,8H,7H2,(H,17,19). The predicted molar refractivity (Wildman–Crippen MR) is 62.5 cm³/mol. The zero-order chi connectivity index (χ0) is 13.9. The summed E-state index contributed by atoms with van der Waals surface area (Å²) >= 11 is 0. The molecule has 0 aliphatic rings. The zero-order valence-corrected chi connectivity index (χ0v) is 9.69. The van der Waals surface area contributed by atoms with Crippen molar-refractivity contribution in [1.29, 1.82) is 0 Å². The number of aromatic nitrogens is 2. The van der Waals surface area contributed by atoms with Crippen molar-refractivity contribution in [2.24, 2.45) is 0 Å². The van der Waals surface area contributed by atoms with E-state index in [0.29, 0.717) is 6.54 Å². The Morgan fingerprint density at radius 3 is 2.58 bits per heavy atom. The van der Waals surface area contributed by atoms with E-state index >= 15 is 0 Å². The summed E-state index contributed by atoms with van der Waals surface area (Å²) < 4.78 is 37.6. The van der Waals surface area contributed by atoms with Gasteiger partial charge in [-0.1, -0.05) is 30.3 Å². The van der Waals surface area contributed by atoms with Crippen molar-refractivity contribution < 1.29 is 18.0 Å². The van der Waals surface area contributed by atoms with E-state index in [1.807, 2.05) is 30.3 Å². The largest absolute Gasteiger partial charge is 0.471 e. The second kappa shape index (κ2) is 5.13. The number of amides is 1. The number of alkyl halides is 3. The van der Waals surface area contributed by atoms with E-state index < -0.39 is 12.1 Å². The van der Waals surface area contributed by atoms with Crippen LogP contribution in [0.15, 0.2) is 42.7 Å². The third kappa shape index (κ3) is 3.57. The highest BCUT2D eigenvalue weighted by Gasteiger charge is 2.38. The first-order chi connectivity index (χ1) is 8.95. The summed E-state index contributed by atoms with van der Waals surface area (Å²) in [5.41, 5.74) is 0.970. The fraction of sp³-hybridized carbons (Fsp3) is 0.167. The van der Waals surface area contributed by atoms with Gasteiger partial charge >= 0.3 is 12.1 Å². The molecule has 7 heteroatoms. The van der Waals surface area contributed by atoms with Gasteiger partial charge in [-0.15, -0.1) is 0 Å². The van der Waals surface area contributed by atoms with Gasteiger partial charge in [-0.3, -0.25) is 9.48 Å². The maximum absolute atomic E-state index is 12.0. The number of hydrogen-bond acceptors (Lipinski definition) is 2. The van der Waals surface area contributed by atoms with Gasteiger partial charge in [-0.05, 0) is 5.56 Å². The van der Waals surface area contributed by atoms with Gasteiger partial charge in [-0.2, -0.15) is 18.3 Å². The molecule has 1 amide bonds. The number of rotatable bonds is 3. The monoisotopic (exact) mass is 269 g/mol. The molecule has 0 fully saturated rings. The molecule has 2 rings (SSSR count). The Labute approximate surface area is 106 Å². The minimum absolute atomic E-state index is 0.0123. The Balaban J connectivity index is 2.02. The Morgan fingerprint density at radius 2 is 1.95 bits per heavy atom. The highest BCUT2D eigenvalue weighted by Crippen LogP contribution is 2.18. The summed E-state index contributed by atoms with van der Waals surface area (Å²) in [6, 6.07) is 9.31. The molecule has 0 radical (unpaired) electrons. The Hall–Kier alpha value is -2.31. The van der Waals surface area contributed by atoms with E-state index in [1.165, 1.54) is 17.1 Å². The van der Waals surface area contributed by atoms with Crippen molar-refractivity contribution in [3.8, 4) is 0 Å². The van der Waals surface area contributed by atoms with Crippen LogP contribution in [-0.4, -0.2) is 21.9 Å². The number of benzene rings is 1. The number of nitrogens with one attached hydrogen (secondary N) is 1. The van der Waals surface area contributed by atoms with Crippen molar-refractivity contribution in [2.45, 2.75) is 12.7 Å². The highest BCUT2D eigenvalue weighted by molar-refractivity contribution is 5.94. The van der Waals surface area contributed by atoms with Crippen molar-refractivity contribution >= 4 is 11.6 Å². The van der Waals surface area contributed by atoms with E-state index in [1.54, 1.807) is 5.32 Å². The third-order valence-corrected chi connectivity index (χ3v) is 2.34. The maximum atomic E-state index is 12.0. The molecule has 0 atom stereocenters. The van der Waals surface area contributed by atoms with Gasteiger partial charge in [0.15, 0.2) is 0 Å². The lowest BCUT2D eigenvalue weighted by Gasteiger charge is -2.05. The highest BCUT2D eigenvalue weighted by atomic mass is 19.4. The third-order valence-electron chi connectivity index (χ3n) is 2.34.